The van der Waals surface area contributed by atoms with Gasteiger partial charge in [-0.2, -0.15) is 0 Å². The lowest BCUT2D eigenvalue weighted by Gasteiger charge is -2.07. The molecular formula is C14H14ClN3OS. The first-order valence-corrected chi connectivity index (χ1v) is 7.60. The molecule has 0 saturated carbocycles. The van der Waals surface area contributed by atoms with E-state index in [-0.39, 0.29) is 5.91 Å². The maximum atomic E-state index is 12.1. The SMILES string of the molecule is CSc1ncc(C(=O)NCc2ccc(Cl)cc2)c(C)n1. The Balaban J connectivity index is 2.03. The molecule has 1 aromatic carbocycles. The zero-order chi connectivity index (χ0) is 14.5. The predicted molar refractivity (Wildman–Crippen MR) is 81.2 cm³/mol. The molecule has 0 fully saturated rings. The minimum atomic E-state index is -0.176. The maximum absolute atomic E-state index is 12.1. The van der Waals surface area contributed by atoms with Gasteiger partial charge in [-0.3, -0.25) is 4.79 Å². The second kappa shape index (κ2) is 6.72. The summed E-state index contributed by atoms with van der Waals surface area (Å²) in [4.78, 5) is 20.5. The molecule has 0 bridgehead atoms. The molecule has 0 unspecified atom stereocenters. The van der Waals surface area contributed by atoms with Gasteiger partial charge in [0.2, 0.25) is 0 Å². The number of benzene rings is 1. The number of hydrogen-bond acceptors (Lipinski definition) is 4. The van der Waals surface area contributed by atoms with Gasteiger partial charge in [-0.05, 0) is 30.9 Å². The average Bonchev–Trinajstić information content (AvgIpc) is 2.46. The molecule has 6 heteroatoms. The Morgan fingerprint density at radius 3 is 2.65 bits per heavy atom. The van der Waals surface area contributed by atoms with Crippen LogP contribution in [0.25, 0.3) is 0 Å². The molecule has 0 radical (unpaired) electrons. The average molecular weight is 308 g/mol. The van der Waals surface area contributed by atoms with Crippen molar-refractivity contribution in [3.63, 3.8) is 0 Å². The molecule has 2 aromatic rings. The second-order valence-corrected chi connectivity index (χ2v) is 5.37. The molecule has 2 rings (SSSR count). The number of hydrogen-bond donors (Lipinski definition) is 1. The molecule has 0 aliphatic rings. The van der Waals surface area contributed by atoms with Crippen molar-refractivity contribution in [1.82, 2.24) is 15.3 Å². The maximum Gasteiger partial charge on any atom is 0.254 e. The second-order valence-electron chi connectivity index (χ2n) is 4.16. The highest BCUT2D eigenvalue weighted by Gasteiger charge is 2.11. The van der Waals surface area contributed by atoms with Gasteiger partial charge in [0.25, 0.3) is 5.91 Å². The number of aryl methyl sites for hydroxylation is 1. The summed E-state index contributed by atoms with van der Waals surface area (Å²) >= 11 is 7.26. The Morgan fingerprint density at radius 1 is 1.35 bits per heavy atom. The highest BCUT2D eigenvalue weighted by molar-refractivity contribution is 7.98. The van der Waals surface area contributed by atoms with E-state index in [0.717, 1.165) is 5.56 Å². The van der Waals surface area contributed by atoms with Gasteiger partial charge >= 0.3 is 0 Å². The van der Waals surface area contributed by atoms with Crippen molar-refractivity contribution in [2.45, 2.75) is 18.6 Å². The van der Waals surface area contributed by atoms with Crippen LogP contribution < -0.4 is 5.32 Å². The molecule has 104 valence electrons. The van der Waals surface area contributed by atoms with Gasteiger partial charge in [0, 0.05) is 17.8 Å². The third-order valence-corrected chi connectivity index (χ3v) is 3.56. The number of carbonyl (C=O) groups excluding carboxylic acids is 1. The lowest BCUT2D eigenvalue weighted by molar-refractivity contribution is 0.0949. The van der Waals surface area contributed by atoms with Crippen molar-refractivity contribution in [1.29, 1.82) is 0 Å². The zero-order valence-electron chi connectivity index (χ0n) is 11.2. The van der Waals surface area contributed by atoms with E-state index in [1.807, 2.05) is 18.4 Å². The summed E-state index contributed by atoms with van der Waals surface area (Å²) in [5.41, 5.74) is 2.16. The minimum Gasteiger partial charge on any atom is -0.348 e. The van der Waals surface area contributed by atoms with E-state index < -0.39 is 0 Å². The van der Waals surface area contributed by atoms with Crippen molar-refractivity contribution < 1.29 is 4.79 Å². The number of nitrogens with one attached hydrogen (secondary N) is 1. The highest BCUT2D eigenvalue weighted by atomic mass is 35.5. The van der Waals surface area contributed by atoms with Crippen LogP contribution in [0.2, 0.25) is 5.02 Å². The lowest BCUT2D eigenvalue weighted by atomic mass is 10.2. The summed E-state index contributed by atoms with van der Waals surface area (Å²) in [7, 11) is 0. The minimum absolute atomic E-state index is 0.176. The molecule has 4 nitrogen and oxygen atoms in total. The molecule has 0 aliphatic heterocycles. The molecule has 1 heterocycles. The smallest absolute Gasteiger partial charge is 0.254 e. The number of amides is 1. The van der Waals surface area contributed by atoms with Crippen molar-refractivity contribution in [2.75, 3.05) is 6.26 Å². The lowest BCUT2D eigenvalue weighted by Crippen LogP contribution is -2.24. The molecule has 0 spiro atoms. The quantitative estimate of drug-likeness (QED) is 0.696. The van der Waals surface area contributed by atoms with E-state index in [9.17, 15) is 4.79 Å². The van der Waals surface area contributed by atoms with E-state index in [0.29, 0.717) is 28.0 Å². The van der Waals surface area contributed by atoms with Gasteiger partial charge in [-0.25, -0.2) is 9.97 Å². The van der Waals surface area contributed by atoms with Crippen LogP contribution in [0, 0.1) is 6.92 Å². The van der Waals surface area contributed by atoms with Crippen molar-refractivity contribution in [2.24, 2.45) is 0 Å². The van der Waals surface area contributed by atoms with Crippen LogP contribution in [0.5, 0.6) is 0 Å². The molecule has 20 heavy (non-hydrogen) atoms. The zero-order valence-corrected chi connectivity index (χ0v) is 12.8. The topological polar surface area (TPSA) is 54.9 Å². The van der Waals surface area contributed by atoms with Crippen LogP contribution >= 0.6 is 23.4 Å². The summed E-state index contributed by atoms with van der Waals surface area (Å²) in [5, 5.41) is 4.19. The normalized spacial score (nSPS) is 10.3. The highest BCUT2D eigenvalue weighted by Crippen LogP contribution is 2.12. The van der Waals surface area contributed by atoms with Crippen LogP contribution in [0.1, 0.15) is 21.6 Å². The molecule has 1 amide bonds. The molecular weight excluding hydrogens is 294 g/mol. The van der Waals surface area contributed by atoms with E-state index >= 15 is 0 Å². The Kier molecular flexibility index (Phi) is 4.98. The fourth-order valence-corrected chi connectivity index (χ4v) is 2.16. The number of thioether (sulfide) groups is 1. The summed E-state index contributed by atoms with van der Waals surface area (Å²) in [5.74, 6) is -0.176. The van der Waals surface area contributed by atoms with Crippen LogP contribution in [0.4, 0.5) is 0 Å². The Bertz CT molecular complexity index is 616. The van der Waals surface area contributed by atoms with Gasteiger partial charge in [0.1, 0.15) is 0 Å². The Morgan fingerprint density at radius 2 is 2.05 bits per heavy atom. The van der Waals surface area contributed by atoms with Crippen molar-refractivity contribution >= 4 is 29.3 Å². The molecule has 1 N–H and O–H groups in total. The molecule has 0 saturated heterocycles. The first kappa shape index (κ1) is 14.8. The Hall–Kier alpha value is -1.59. The van der Waals surface area contributed by atoms with Gasteiger partial charge in [0.15, 0.2) is 5.16 Å². The summed E-state index contributed by atoms with van der Waals surface area (Å²) in [6.45, 7) is 2.25. The van der Waals surface area contributed by atoms with E-state index in [1.54, 1.807) is 25.3 Å². The largest absolute Gasteiger partial charge is 0.348 e. The number of rotatable bonds is 4. The summed E-state index contributed by atoms with van der Waals surface area (Å²) in [6.07, 6.45) is 3.46. The van der Waals surface area contributed by atoms with Gasteiger partial charge < -0.3 is 5.32 Å². The number of halogens is 1. The first-order chi connectivity index (χ1) is 9.60. The fraction of sp³-hybridized carbons (Fsp3) is 0.214. The first-order valence-electron chi connectivity index (χ1n) is 6.00. The molecule has 0 aliphatic carbocycles. The molecule has 0 atom stereocenters. The third-order valence-electron chi connectivity index (χ3n) is 2.75. The standard InChI is InChI=1S/C14H14ClN3OS/c1-9-12(8-17-14(18-9)20-2)13(19)16-7-10-3-5-11(15)6-4-10/h3-6,8H,7H2,1-2H3,(H,16,19). The summed E-state index contributed by atoms with van der Waals surface area (Å²) in [6, 6.07) is 7.35. The van der Waals surface area contributed by atoms with Gasteiger partial charge in [-0.15, -0.1) is 0 Å². The number of carbonyl (C=O) groups is 1. The number of nitrogens with zero attached hydrogens (tertiary/aromatic N) is 2. The fourth-order valence-electron chi connectivity index (χ4n) is 1.65. The van der Waals surface area contributed by atoms with Crippen LogP contribution in [-0.4, -0.2) is 22.1 Å². The predicted octanol–water partition coefficient (Wildman–Crippen LogP) is 3.09. The van der Waals surface area contributed by atoms with E-state index in [4.69, 9.17) is 11.6 Å². The van der Waals surface area contributed by atoms with Gasteiger partial charge in [-0.1, -0.05) is 35.5 Å². The van der Waals surface area contributed by atoms with Crippen LogP contribution in [-0.2, 0) is 6.54 Å². The molecule has 1 aromatic heterocycles. The van der Waals surface area contributed by atoms with Crippen molar-refractivity contribution in [3.8, 4) is 0 Å². The van der Waals surface area contributed by atoms with Crippen LogP contribution in [0.3, 0.4) is 0 Å². The third kappa shape index (κ3) is 3.71. The van der Waals surface area contributed by atoms with E-state index in [2.05, 4.69) is 15.3 Å². The van der Waals surface area contributed by atoms with Crippen LogP contribution in [0.15, 0.2) is 35.6 Å². The Labute approximate surface area is 127 Å². The van der Waals surface area contributed by atoms with E-state index in [1.165, 1.54) is 11.8 Å². The van der Waals surface area contributed by atoms with Crippen molar-refractivity contribution in [3.05, 3.63) is 52.3 Å². The number of aromatic nitrogens is 2. The monoisotopic (exact) mass is 307 g/mol. The summed E-state index contributed by atoms with van der Waals surface area (Å²) < 4.78 is 0. The van der Waals surface area contributed by atoms with Gasteiger partial charge in [0.05, 0.1) is 11.3 Å².